The molecule has 0 radical (unpaired) electrons. The van der Waals surface area contributed by atoms with E-state index < -0.39 is 30.1 Å². The van der Waals surface area contributed by atoms with Crippen molar-refractivity contribution in [3.05, 3.63) is 95.6 Å². The molecular formula is C25H23NO7. The lowest BCUT2D eigenvalue weighted by molar-refractivity contribution is -0.162. The number of hydrogen-bond donors (Lipinski definition) is 1. The number of rotatable bonds is 8. The first-order valence-corrected chi connectivity index (χ1v) is 10.1. The molecule has 0 aromatic heterocycles. The number of ether oxygens (including phenoxy) is 3. The van der Waals surface area contributed by atoms with Gasteiger partial charge in [0, 0.05) is 13.8 Å². The van der Waals surface area contributed by atoms with Gasteiger partial charge in [0.05, 0.1) is 0 Å². The lowest BCUT2D eigenvalue weighted by Gasteiger charge is -2.22. The zero-order valence-electron chi connectivity index (χ0n) is 18.1. The molecule has 33 heavy (non-hydrogen) atoms. The van der Waals surface area contributed by atoms with Crippen molar-refractivity contribution < 1.29 is 33.4 Å². The minimum Gasteiger partial charge on any atom is -0.450 e. The predicted molar refractivity (Wildman–Crippen MR) is 118 cm³/mol. The van der Waals surface area contributed by atoms with Gasteiger partial charge in [-0.2, -0.15) is 0 Å². The number of benzene rings is 3. The third-order valence-electron chi connectivity index (χ3n) is 4.57. The molecule has 2 N–H and O–H groups in total. The Balaban J connectivity index is 1.92. The van der Waals surface area contributed by atoms with Crippen LogP contribution >= 0.6 is 0 Å². The summed E-state index contributed by atoms with van der Waals surface area (Å²) in [7, 11) is 0. The summed E-state index contributed by atoms with van der Waals surface area (Å²) in [5.41, 5.74) is 1.77. The molecule has 170 valence electrons. The number of carbonyl (C=O) groups excluding carboxylic acids is 3. The number of hydrogen-bond acceptors (Lipinski definition) is 8. The van der Waals surface area contributed by atoms with E-state index in [0.717, 1.165) is 11.1 Å². The number of carbonyl (C=O) groups is 3. The molecule has 1 unspecified atom stereocenters. The van der Waals surface area contributed by atoms with Gasteiger partial charge < -0.3 is 14.2 Å². The maximum Gasteiger partial charge on any atom is 0.343 e. The van der Waals surface area contributed by atoms with Crippen LogP contribution in [0.2, 0.25) is 0 Å². The number of esters is 3. The Bertz CT molecular complexity index is 1080. The van der Waals surface area contributed by atoms with Crippen LogP contribution < -0.4 is 15.4 Å². The lowest BCUT2D eigenvalue weighted by atomic mass is 10.0. The van der Waals surface area contributed by atoms with Crippen molar-refractivity contribution in [2.45, 2.75) is 26.1 Å². The highest BCUT2D eigenvalue weighted by Crippen LogP contribution is 2.34. The molecule has 8 heteroatoms. The van der Waals surface area contributed by atoms with Gasteiger partial charge in [0.1, 0.15) is 0 Å². The summed E-state index contributed by atoms with van der Waals surface area (Å²) in [6, 6.07) is 22.6. The Kier molecular flexibility index (Phi) is 7.91. The van der Waals surface area contributed by atoms with Crippen LogP contribution in [0.15, 0.2) is 78.9 Å². The summed E-state index contributed by atoms with van der Waals surface area (Å²) in [4.78, 5) is 40.9. The lowest BCUT2D eigenvalue weighted by Crippen LogP contribution is -2.24. The van der Waals surface area contributed by atoms with Gasteiger partial charge in [0.25, 0.3) is 0 Å². The minimum atomic E-state index is -1.33. The smallest absolute Gasteiger partial charge is 0.343 e. The zero-order valence-corrected chi connectivity index (χ0v) is 18.1. The Morgan fingerprint density at radius 3 is 1.70 bits per heavy atom. The Morgan fingerprint density at radius 2 is 1.21 bits per heavy atom. The molecule has 0 saturated heterocycles. The first-order chi connectivity index (χ1) is 15.9. The van der Waals surface area contributed by atoms with Gasteiger partial charge in [-0.05, 0) is 28.8 Å². The molecule has 0 fully saturated rings. The normalized spacial score (nSPS) is 11.5. The fourth-order valence-electron chi connectivity index (χ4n) is 3.19. The third-order valence-corrected chi connectivity index (χ3v) is 4.57. The zero-order chi connectivity index (χ0) is 23.8. The maximum absolute atomic E-state index is 13.1. The summed E-state index contributed by atoms with van der Waals surface area (Å²) < 4.78 is 16.0. The molecule has 8 nitrogen and oxygen atoms in total. The highest BCUT2D eigenvalue weighted by molar-refractivity contribution is 5.78. The van der Waals surface area contributed by atoms with E-state index in [2.05, 4.69) is 0 Å². The van der Waals surface area contributed by atoms with Crippen LogP contribution in [0.3, 0.4) is 0 Å². The second-order valence-electron chi connectivity index (χ2n) is 7.05. The van der Waals surface area contributed by atoms with E-state index in [1.807, 2.05) is 60.7 Å². The standard InChI is InChI=1S/C25H23NO7/c1-16(27)30-21-14-13-20(15-22(21)31-17(2)28)24(33-26)25(29)32-23(18-9-5-3-6-10-18)19-11-7-4-8-12-19/h3-15,23-24H,26H2,1-2H3. The maximum atomic E-state index is 13.1. The van der Waals surface area contributed by atoms with Crippen LogP contribution in [0.5, 0.6) is 11.5 Å². The Morgan fingerprint density at radius 1 is 0.697 bits per heavy atom. The van der Waals surface area contributed by atoms with Gasteiger partial charge in [-0.25, -0.2) is 10.7 Å². The molecular weight excluding hydrogens is 426 g/mol. The van der Waals surface area contributed by atoms with E-state index in [-0.39, 0.29) is 17.1 Å². The fraction of sp³-hybridized carbons (Fsp3) is 0.160. The summed E-state index contributed by atoms with van der Waals surface area (Å²) >= 11 is 0. The molecule has 0 aliphatic rings. The van der Waals surface area contributed by atoms with Crippen molar-refractivity contribution in [2.75, 3.05) is 0 Å². The quantitative estimate of drug-likeness (QED) is 0.314. The number of nitrogens with two attached hydrogens (primary N) is 1. The molecule has 0 aliphatic carbocycles. The van der Waals surface area contributed by atoms with Gasteiger partial charge >= 0.3 is 17.9 Å². The summed E-state index contributed by atoms with van der Waals surface area (Å²) in [6.45, 7) is 2.40. The van der Waals surface area contributed by atoms with E-state index in [4.69, 9.17) is 24.9 Å². The second-order valence-corrected chi connectivity index (χ2v) is 7.05. The summed E-state index contributed by atoms with van der Waals surface area (Å²) in [5, 5.41) is 0. The van der Waals surface area contributed by atoms with E-state index >= 15 is 0 Å². The SMILES string of the molecule is CC(=O)Oc1ccc(C(ON)C(=O)OC(c2ccccc2)c2ccccc2)cc1OC(C)=O. The molecule has 0 bridgehead atoms. The monoisotopic (exact) mass is 449 g/mol. The van der Waals surface area contributed by atoms with Crippen LogP contribution in [0.1, 0.15) is 42.7 Å². The van der Waals surface area contributed by atoms with Crippen LogP contribution in [-0.2, 0) is 24.0 Å². The summed E-state index contributed by atoms with van der Waals surface area (Å²) in [6.07, 6.45) is -2.04. The van der Waals surface area contributed by atoms with Gasteiger partial charge in [-0.3, -0.25) is 14.4 Å². The van der Waals surface area contributed by atoms with Crippen LogP contribution in [0.25, 0.3) is 0 Å². The molecule has 1 atom stereocenters. The largest absolute Gasteiger partial charge is 0.450 e. The minimum absolute atomic E-state index is 0.0111. The van der Waals surface area contributed by atoms with Crippen molar-refractivity contribution in [2.24, 2.45) is 5.90 Å². The summed E-state index contributed by atoms with van der Waals surface area (Å²) in [5.74, 6) is 3.39. The van der Waals surface area contributed by atoms with Crippen molar-refractivity contribution in [1.82, 2.24) is 0 Å². The highest BCUT2D eigenvalue weighted by Gasteiger charge is 2.29. The van der Waals surface area contributed by atoms with Gasteiger partial charge in [-0.15, -0.1) is 0 Å². The molecule has 3 aromatic rings. The predicted octanol–water partition coefficient (Wildman–Crippen LogP) is 3.80. The molecule has 3 aromatic carbocycles. The van der Waals surface area contributed by atoms with E-state index in [0.29, 0.717) is 0 Å². The van der Waals surface area contributed by atoms with E-state index in [1.165, 1.54) is 32.0 Å². The van der Waals surface area contributed by atoms with Crippen molar-refractivity contribution >= 4 is 17.9 Å². The molecule has 0 saturated carbocycles. The fourth-order valence-corrected chi connectivity index (χ4v) is 3.19. The van der Waals surface area contributed by atoms with Gasteiger partial charge in [-0.1, -0.05) is 66.7 Å². The second kappa shape index (κ2) is 11.0. The first kappa shape index (κ1) is 23.6. The molecule has 0 amide bonds. The molecule has 0 spiro atoms. The van der Waals surface area contributed by atoms with Gasteiger partial charge in [0.2, 0.25) is 6.10 Å². The highest BCUT2D eigenvalue weighted by atomic mass is 16.7. The average molecular weight is 449 g/mol. The van der Waals surface area contributed by atoms with Crippen LogP contribution in [0.4, 0.5) is 0 Å². The van der Waals surface area contributed by atoms with Crippen molar-refractivity contribution in [3.8, 4) is 11.5 Å². The van der Waals surface area contributed by atoms with Gasteiger partial charge in [0.15, 0.2) is 17.6 Å². The van der Waals surface area contributed by atoms with Crippen LogP contribution in [0, 0.1) is 0 Å². The third kappa shape index (κ3) is 6.25. The molecule has 3 rings (SSSR count). The Labute approximate surface area is 190 Å². The van der Waals surface area contributed by atoms with E-state index in [9.17, 15) is 14.4 Å². The van der Waals surface area contributed by atoms with Crippen molar-refractivity contribution in [3.63, 3.8) is 0 Å². The average Bonchev–Trinajstić information content (AvgIpc) is 2.80. The van der Waals surface area contributed by atoms with Crippen LogP contribution in [-0.4, -0.2) is 17.9 Å². The first-order valence-electron chi connectivity index (χ1n) is 10.1. The Hall–Kier alpha value is -4.01. The molecule has 0 heterocycles. The van der Waals surface area contributed by atoms with E-state index in [1.54, 1.807) is 0 Å². The topological polar surface area (TPSA) is 114 Å². The molecule has 0 aliphatic heterocycles. The van der Waals surface area contributed by atoms with Crippen molar-refractivity contribution in [1.29, 1.82) is 0 Å².